The van der Waals surface area contributed by atoms with Crippen LogP contribution in [0.15, 0.2) is 53.7 Å². The van der Waals surface area contributed by atoms with E-state index >= 15 is 0 Å². The first-order valence-electron chi connectivity index (χ1n) is 6.82. The van der Waals surface area contributed by atoms with E-state index in [0.717, 1.165) is 5.56 Å². The van der Waals surface area contributed by atoms with Crippen LogP contribution in [0.1, 0.15) is 5.56 Å². The van der Waals surface area contributed by atoms with Gasteiger partial charge in [-0.15, -0.1) is 0 Å². The molecule has 0 unspecified atom stereocenters. The minimum absolute atomic E-state index is 0.0902. The van der Waals surface area contributed by atoms with Crippen molar-refractivity contribution in [1.29, 1.82) is 0 Å². The predicted octanol–water partition coefficient (Wildman–Crippen LogP) is 1.37. The van der Waals surface area contributed by atoms with Crippen molar-refractivity contribution in [3.05, 3.63) is 59.4 Å². The maximum Gasteiger partial charge on any atom is 0.234 e. The smallest absolute Gasteiger partial charge is 0.234 e. The van der Waals surface area contributed by atoms with Gasteiger partial charge in [-0.25, -0.2) is 8.42 Å². The number of benzene rings is 1. The molecule has 0 saturated heterocycles. The molecule has 0 aliphatic heterocycles. The highest BCUT2D eigenvalue weighted by atomic mass is 35.5. The Hall–Kier alpha value is -1.96. The lowest BCUT2D eigenvalue weighted by Gasteiger charge is -2.08. The zero-order valence-corrected chi connectivity index (χ0v) is 13.8. The summed E-state index contributed by atoms with van der Waals surface area (Å²) in [6, 6.07) is 9.50. The summed E-state index contributed by atoms with van der Waals surface area (Å²) < 4.78 is 24.1. The molecule has 1 aromatic carbocycles. The van der Waals surface area contributed by atoms with Crippen LogP contribution >= 0.6 is 11.6 Å². The maximum atomic E-state index is 12.1. The molecule has 0 spiro atoms. The normalized spacial score (nSPS) is 11.2. The van der Waals surface area contributed by atoms with Crippen LogP contribution in [0.25, 0.3) is 0 Å². The third-order valence-corrected chi connectivity index (χ3v) is 4.79. The molecular formula is C15H16ClN3O3S. The van der Waals surface area contributed by atoms with Crippen molar-refractivity contribution in [3.63, 3.8) is 0 Å². The Labute approximate surface area is 139 Å². The number of rotatable bonds is 7. The number of amides is 1. The van der Waals surface area contributed by atoms with E-state index in [-0.39, 0.29) is 23.2 Å². The fourth-order valence-corrected chi connectivity index (χ4v) is 3.00. The average Bonchev–Trinajstić information content (AvgIpc) is 2.54. The highest BCUT2D eigenvalue weighted by Gasteiger charge is 2.14. The molecule has 0 atom stereocenters. The molecule has 2 rings (SSSR count). The Kier molecular flexibility index (Phi) is 6.09. The van der Waals surface area contributed by atoms with Crippen molar-refractivity contribution in [2.24, 2.45) is 0 Å². The van der Waals surface area contributed by atoms with Gasteiger partial charge in [0.25, 0.3) is 0 Å². The van der Waals surface area contributed by atoms with E-state index in [2.05, 4.69) is 15.6 Å². The van der Waals surface area contributed by atoms with Gasteiger partial charge in [0.1, 0.15) is 5.88 Å². The number of nitrogens with one attached hydrogen (secondary N) is 2. The highest BCUT2D eigenvalue weighted by molar-refractivity contribution is 7.91. The molecule has 6 nitrogen and oxygen atoms in total. The summed E-state index contributed by atoms with van der Waals surface area (Å²) in [5.74, 6) is -0.616. The zero-order chi connectivity index (χ0) is 16.7. The van der Waals surface area contributed by atoms with Crippen LogP contribution in [-0.2, 0) is 21.2 Å². The molecule has 0 radical (unpaired) electrons. The standard InChI is InChI=1S/C15H16ClN3O3S/c16-13-3-5-14(6-4-13)23(21,22)11-18-10-15(20)19-9-12-2-1-7-17-8-12/h1-8,18H,9-11H2,(H,19,20). The summed E-state index contributed by atoms with van der Waals surface area (Å²) in [6.07, 6.45) is 3.30. The van der Waals surface area contributed by atoms with E-state index in [1.54, 1.807) is 18.5 Å². The van der Waals surface area contributed by atoms with Crippen LogP contribution < -0.4 is 10.6 Å². The second kappa shape index (κ2) is 8.05. The predicted molar refractivity (Wildman–Crippen MR) is 87.6 cm³/mol. The first-order valence-corrected chi connectivity index (χ1v) is 8.85. The van der Waals surface area contributed by atoms with Gasteiger partial charge in [-0.3, -0.25) is 15.1 Å². The summed E-state index contributed by atoms with van der Waals surface area (Å²) in [4.78, 5) is 15.8. The lowest BCUT2D eigenvalue weighted by molar-refractivity contribution is -0.120. The largest absolute Gasteiger partial charge is 0.351 e. The first kappa shape index (κ1) is 17.4. The van der Waals surface area contributed by atoms with Crippen LogP contribution in [0.2, 0.25) is 5.02 Å². The zero-order valence-electron chi connectivity index (χ0n) is 12.2. The summed E-state index contributed by atoms with van der Waals surface area (Å²) >= 11 is 5.73. The molecule has 122 valence electrons. The van der Waals surface area contributed by atoms with Crippen LogP contribution in [0.3, 0.4) is 0 Å². The van der Waals surface area contributed by atoms with Crippen molar-refractivity contribution in [3.8, 4) is 0 Å². The minimum atomic E-state index is -3.50. The van der Waals surface area contributed by atoms with Gasteiger partial charge in [0, 0.05) is 24.0 Å². The third-order valence-electron chi connectivity index (χ3n) is 2.96. The summed E-state index contributed by atoms with van der Waals surface area (Å²) in [7, 11) is -3.50. The Morgan fingerprint density at radius 2 is 1.91 bits per heavy atom. The SMILES string of the molecule is O=C(CNCS(=O)(=O)c1ccc(Cl)cc1)NCc1cccnc1. The lowest BCUT2D eigenvalue weighted by Crippen LogP contribution is -2.35. The number of aromatic nitrogens is 1. The van der Waals surface area contributed by atoms with Gasteiger partial charge in [-0.2, -0.15) is 0 Å². The van der Waals surface area contributed by atoms with Gasteiger partial charge in [0.2, 0.25) is 5.91 Å². The van der Waals surface area contributed by atoms with Crippen molar-refractivity contribution < 1.29 is 13.2 Å². The number of carbonyl (C=O) groups excluding carboxylic acids is 1. The molecule has 0 saturated carbocycles. The number of halogens is 1. The van der Waals surface area contributed by atoms with E-state index in [4.69, 9.17) is 11.6 Å². The van der Waals surface area contributed by atoms with E-state index in [0.29, 0.717) is 11.6 Å². The maximum absolute atomic E-state index is 12.1. The van der Waals surface area contributed by atoms with E-state index in [1.807, 2.05) is 6.07 Å². The minimum Gasteiger partial charge on any atom is -0.351 e. The summed E-state index contributed by atoms with van der Waals surface area (Å²) in [5.41, 5.74) is 0.870. The molecular weight excluding hydrogens is 338 g/mol. The van der Waals surface area contributed by atoms with Gasteiger partial charge >= 0.3 is 0 Å². The second-order valence-corrected chi connectivity index (χ2v) is 7.20. The van der Waals surface area contributed by atoms with Gasteiger partial charge in [0.15, 0.2) is 9.84 Å². The number of sulfone groups is 1. The number of carbonyl (C=O) groups is 1. The van der Waals surface area contributed by atoms with Crippen LogP contribution in [-0.4, -0.2) is 31.7 Å². The van der Waals surface area contributed by atoms with E-state index in [1.165, 1.54) is 24.3 Å². The molecule has 2 aromatic rings. The molecule has 0 fully saturated rings. The fraction of sp³-hybridized carbons (Fsp3) is 0.200. The fourth-order valence-electron chi connectivity index (χ4n) is 1.79. The Balaban J connectivity index is 1.77. The van der Waals surface area contributed by atoms with Gasteiger partial charge < -0.3 is 5.32 Å². The van der Waals surface area contributed by atoms with Crippen LogP contribution in [0.4, 0.5) is 0 Å². The van der Waals surface area contributed by atoms with Gasteiger partial charge in [0.05, 0.1) is 11.4 Å². The topological polar surface area (TPSA) is 88.2 Å². The molecule has 1 aromatic heterocycles. The summed E-state index contributed by atoms with van der Waals surface area (Å²) in [5, 5.41) is 5.77. The van der Waals surface area contributed by atoms with Crippen molar-refractivity contribution >= 4 is 27.3 Å². The van der Waals surface area contributed by atoms with Gasteiger partial charge in [-0.05, 0) is 35.9 Å². The molecule has 23 heavy (non-hydrogen) atoms. The highest BCUT2D eigenvalue weighted by Crippen LogP contribution is 2.14. The number of nitrogens with zero attached hydrogens (tertiary/aromatic N) is 1. The monoisotopic (exact) mass is 353 g/mol. The van der Waals surface area contributed by atoms with Crippen molar-refractivity contribution in [1.82, 2.24) is 15.6 Å². The molecule has 8 heteroatoms. The molecule has 1 amide bonds. The Morgan fingerprint density at radius 1 is 1.17 bits per heavy atom. The molecule has 1 heterocycles. The van der Waals surface area contributed by atoms with Crippen LogP contribution in [0, 0.1) is 0 Å². The first-order chi connectivity index (χ1) is 11.0. The third kappa shape index (κ3) is 5.63. The van der Waals surface area contributed by atoms with Crippen molar-refractivity contribution in [2.75, 3.05) is 12.4 Å². The average molecular weight is 354 g/mol. The summed E-state index contributed by atoms with van der Waals surface area (Å²) in [6.45, 7) is 0.255. The quantitative estimate of drug-likeness (QED) is 0.785. The van der Waals surface area contributed by atoms with E-state index < -0.39 is 9.84 Å². The molecule has 0 aliphatic carbocycles. The second-order valence-electron chi connectivity index (χ2n) is 4.78. The van der Waals surface area contributed by atoms with Crippen molar-refractivity contribution in [2.45, 2.75) is 11.4 Å². The molecule has 0 aliphatic rings. The Bertz CT molecular complexity index is 749. The lowest BCUT2D eigenvalue weighted by atomic mass is 10.3. The number of hydrogen-bond acceptors (Lipinski definition) is 5. The number of pyridine rings is 1. The molecule has 2 N–H and O–H groups in total. The van der Waals surface area contributed by atoms with E-state index in [9.17, 15) is 13.2 Å². The van der Waals surface area contributed by atoms with Gasteiger partial charge in [-0.1, -0.05) is 17.7 Å². The number of hydrogen-bond donors (Lipinski definition) is 2. The van der Waals surface area contributed by atoms with Crippen LogP contribution in [0.5, 0.6) is 0 Å². The Morgan fingerprint density at radius 3 is 2.57 bits per heavy atom. The molecule has 0 bridgehead atoms.